The van der Waals surface area contributed by atoms with Crippen molar-refractivity contribution in [3.8, 4) is 22.5 Å². The minimum Gasteiger partial charge on any atom is -0.351 e. The van der Waals surface area contributed by atoms with Crippen molar-refractivity contribution >= 4 is 11.5 Å². The quantitative estimate of drug-likeness (QED) is 0.348. The molecule has 0 atom stereocenters. The number of pyridine rings is 1. The van der Waals surface area contributed by atoms with Gasteiger partial charge in [-0.15, -0.1) is 0 Å². The van der Waals surface area contributed by atoms with E-state index in [0.717, 1.165) is 47.4 Å². The lowest BCUT2D eigenvalue weighted by molar-refractivity contribution is 0.523. The molecule has 0 radical (unpaired) electrons. The molecule has 0 unspecified atom stereocenters. The van der Waals surface area contributed by atoms with E-state index in [2.05, 4.69) is 33.9 Å². The third-order valence-corrected chi connectivity index (χ3v) is 7.36. The summed E-state index contributed by atoms with van der Waals surface area (Å²) < 4.78 is 15.6. The van der Waals surface area contributed by atoms with Crippen molar-refractivity contribution in [2.75, 3.05) is 5.32 Å². The van der Waals surface area contributed by atoms with Gasteiger partial charge in [-0.2, -0.15) is 5.10 Å². The molecule has 3 heterocycles. The second-order valence-corrected chi connectivity index (χ2v) is 9.85. The molecular formula is C28H31FN6. The molecule has 2 fully saturated rings. The highest BCUT2D eigenvalue weighted by atomic mass is 19.1. The molecule has 0 amide bonds. The first-order valence-electron chi connectivity index (χ1n) is 12.8. The highest BCUT2D eigenvalue weighted by molar-refractivity contribution is 5.91. The largest absolute Gasteiger partial charge is 0.351 e. The van der Waals surface area contributed by atoms with Gasteiger partial charge in [0.15, 0.2) is 0 Å². The molecular weight excluding hydrogens is 439 g/mol. The van der Waals surface area contributed by atoms with Crippen LogP contribution in [0.1, 0.15) is 56.9 Å². The fourth-order valence-corrected chi connectivity index (χ4v) is 5.47. The SMILES string of the molecule is Fc1ccc(-c2nn3cc(CNC4CCCC4)ccc3c2-c2ccnc(NC3CCCC3)n2)cc1. The van der Waals surface area contributed by atoms with Crippen LogP contribution < -0.4 is 10.6 Å². The number of aromatic nitrogens is 4. The molecule has 3 aromatic heterocycles. The maximum Gasteiger partial charge on any atom is 0.223 e. The summed E-state index contributed by atoms with van der Waals surface area (Å²) in [4.78, 5) is 9.36. The van der Waals surface area contributed by atoms with Crippen LogP contribution in [0.2, 0.25) is 0 Å². The summed E-state index contributed by atoms with van der Waals surface area (Å²) in [7, 11) is 0. The Morgan fingerprint density at radius 1 is 0.886 bits per heavy atom. The number of fused-ring (bicyclic) bond motifs is 1. The van der Waals surface area contributed by atoms with Gasteiger partial charge in [-0.3, -0.25) is 0 Å². The number of anilines is 1. The Morgan fingerprint density at radius 2 is 1.63 bits per heavy atom. The zero-order valence-electron chi connectivity index (χ0n) is 19.9. The fourth-order valence-electron chi connectivity index (χ4n) is 5.47. The highest BCUT2D eigenvalue weighted by Gasteiger charge is 2.21. The number of halogens is 1. The smallest absolute Gasteiger partial charge is 0.223 e. The minimum atomic E-state index is -0.260. The topological polar surface area (TPSA) is 67.1 Å². The third-order valence-electron chi connectivity index (χ3n) is 7.36. The van der Waals surface area contributed by atoms with Gasteiger partial charge in [0.25, 0.3) is 0 Å². The Morgan fingerprint density at radius 3 is 2.40 bits per heavy atom. The molecule has 0 saturated heterocycles. The standard InChI is InChI=1S/C28H31FN6/c29-21-12-10-20(11-13-21)27-26(24-15-16-30-28(33-24)32-23-7-3-4-8-23)25-14-9-19(18-35(25)34-27)17-31-22-5-1-2-6-22/h9-16,18,22-23,31H,1-8,17H2,(H,30,32,33). The van der Waals surface area contributed by atoms with E-state index >= 15 is 0 Å². The summed E-state index contributed by atoms with van der Waals surface area (Å²) in [6.45, 7) is 0.824. The van der Waals surface area contributed by atoms with Gasteiger partial charge in [0.2, 0.25) is 5.95 Å². The van der Waals surface area contributed by atoms with E-state index in [1.54, 1.807) is 18.3 Å². The molecule has 2 aliphatic carbocycles. The van der Waals surface area contributed by atoms with E-state index in [-0.39, 0.29) is 5.82 Å². The average Bonchev–Trinajstić information content (AvgIpc) is 3.64. The summed E-state index contributed by atoms with van der Waals surface area (Å²) in [5.41, 5.74) is 5.56. The Bertz CT molecular complexity index is 1300. The summed E-state index contributed by atoms with van der Waals surface area (Å²) in [5, 5.41) is 12.1. The van der Waals surface area contributed by atoms with E-state index < -0.39 is 0 Å². The lowest BCUT2D eigenvalue weighted by atomic mass is 10.0. The molecule has 35 heavy (non-hydrogen) atoms. The van der Waals surface area contributed by atoms with Gasteiger partial charge in [-0.25, -0.2) is 18.9 Å². The van der Waals surface area contributed by atoms with Crippen LogP contribution in [0.5, 0.6) is 0 Å². The first-order valence-corrected chi connectivity index (χ1v) is 12.8. The molecule has 1 aromatic carbocycles. The molecule has 2 N–H and O–H groups in total. The first-order chi connectivity index (χ1) is 17.2. The Labute approximate surface area is 205 Å². The number of rotatable bonds is 7. The van der Waals surface area contributed by atoms with Gasteiger partial charge in [0.1, 0.15) is 11.5 Å². The van der Waals surface area contributed by atoms with E-state index in [0.29, 0.717) is 18.0 Å². The van der Waals surface area contributed by atoms with Crippen LogP contribution in [0.25, 0.3) is 28.0 Å². The van der Waals surface area contributed by atoms with Crippen LogP contribution in [0.4, 0.5) is 10.3 Å². The lowest BCUT2D eigenvalue weighted by Gasteiger charge is -2.13. The van der Waals surface area contributed by atoms with Crippen molar-refractivity contribution in [2.45, 2.75) is 70.0 Å². The van der Waals surface area contributed by atoms with Crippen molar-refractivity contribution in [2.24, 2.45) is 0 Å². The molecule has 180 valence electrons. The predicted octanol–water partition coefficient (Wildman–Crippen LogP) is 5.98. The number of hydrogen-bond donors (Lipinski definition) is 2. The molecule has 0 aliphatic heterocycles. The Balaban J connectivity index is 1.38. The molecule has 6 nitrogen and oxygen atoms in total. The highest BCUT2D eigenvalue weighted by Crippen LogP contribution is 2.35. The summed E-state index contributed by atoms with van der Waals surface area (Å²) in [5.74, 6) is 0.389. The van der Waals surface area contributed by atoms with E-state index in [4.69, 9.17) is 10.1 Å². The number of nitrogens with one attached hydrogen (secondary N) is 2. The van der Waals surface area contributed by atoms with E-state index in [1.165, 1.54) is 56.2 Å². The average molecular weight is 471 g/mol. The van der Waals surface area contributed by atoms with E-state index in [1.807, 2.05) is 10.6 Å². The van der Waals surface area contributed by atoms with Gasteiger partial charge in [-0.1, -0.05) is 31.7 Å². The minimum absolute atomic E-state index is 0.260. The molecule has 0 spiro atoms. The summed E-state index contributed by atoms with van der Waals surface area (Å²) in [6.07, 6.45) is 13.8. The van der Waals surface area contributed by atoms with Crippen LogP contribution in [0, 0.1) is 5.82 Å². The number of nitrogens with zero attached hydrogens (tertiary/aromatic N) is 4. The van der Waals surface area contributed by atoms with Crippen LogP contribution in [0.3, 0.4) is 0 Å². The third kappa shape index (κ3) is 4.78. The van der Waals surface area contributed by atoms with Crippen molar-refractivity contribution < 1.29 is 4.39 Å². The van der Waals surface area contributed by atoms with Crippen LogP contribution >= 0.6 is 0 Å². The van der Waals surface area contributed by atoms with Gasteiger partial charge < -0.3 is 10.6 Å². The summed E-state index contributed by atoms with van der Waals surface area (Å²) >= 11 is 0. The zero-order chi connectivity index (χ0) is 23.6. The van der Waals surface area contributed by atoms with Crippen molar-refractivity contribution in [1.29, 1.82) is 0 Å². The van der Waals surface area contributed by atoms with Gasteiger partial charge in [-0.05, 0) is 67.6 Å². The second kappa shape index (κ2) is 9.74. The lowest BCUT2D eigenvalue weighted by Crippen LogP contribution is -2.25. The van der Waals surface area contributed by atoms with Crippen LogP contribution in [0.15, 0.2) is 54.9 Å². The monoisotopic (exact) mass is 470 g/mol. The molecule has 4 aromatic rings. The molecule has 2 aliphatic rings. The molecule has 6 rings (SSSR count). The van der Waals surface area contributed by atoms with Gasteiger partial charge in [0, 0.05) is 36.6 Å². The Kier molecular flexibility index (Phi) is 6.17. The molecule has 2 saturated carbocycles. The normalized spacial score (nSPS) is 16.9. The molecule has 7 heteroatoms. The predicted molar refractivity (Wildman–Crippen MR) is 137 cm³/mol. The fraction of sp³-hybridized carbons (Fsp3) is 0.393. The maximum absolute atomic E-state index is 13.7. The van der Waals surface area contributed by atoms with Gasteiger partial charge in [0.05, 0.1) is 16.8 Å². The number of benzene rings is 1. The first kappa shape index (κ1) is 22.2. The number of hydrogen-bond acceptors (Lipinski definition) is 5. The van der Waals surface area contributed by atoms with Crippen LogP contribution in [-0.2, 0) is 6.54 Å². The van der Waals surface area contributed by atoms with Gasteiger partial charge >= 0.3 is 0 Å². The Hall–Kier alpha value is -3.32. The van der Waals surface area contributed by atoms with Crippen LogP contribution in [-0.4, -0.2) is 31.7 Å². The molecule has 0 bridgehead atoms. The van der Waals surface area contributed by atoms with Crippen molar-refractivity contribution in [3.05, 3.63) is 66.2 Å². The summed E-state index contributed by atoms with van der Waals surface area (Å²) in [6, 6.07) is 13.8. The maximum atomic E-state index is 13.7. The zero-order valence-corrected chi connectivity index (χ0v) is 19.9. The van der Waals surface area contributed by atoms with Crippen molar-refractivity contribution in [3.63, 3.8) is 0 Å². The second-order valence-electron chi connectivity index (χ2n) is 9.85. The van der Waals surface area contributed by atoms with E-state index in [9.17, 15) is 4.39 Å². The van der Waals surface area contributed by atoms with Crippen molar-refractivity contribution in [1.82, 2.24) is 24.9 Å².